The van der Waals surface area contributed by atoms with Gasteiger partial charge in [-0.3, -0.25) is 4.79 Å². The molecule has 1 N–H and O–H groups in total. The molecule has 0 aromatic rings. The number of ether oxygens (including phenoxy) is 1. The third kappa shape index (κ3) is 2.02. The smallest absolute Gasteiger partial charge is 0.355 e. The molecule has 21 heavy (non-hydrogen) atoms. The van der Waals surface area contributed by atoms with Crippen LogP contribution in [-0.4, -0.2) is 40.6 Å². The lowest BCUT2D eigenvalue weighted by Gasteiger charge is -2.47. The molecule has 1 unspecified atom stereocenters. The van der Waals surface area contributed by atoms with Crippen molar-refractivity contribution in [1.29, 1.82) is 0 Å². The molecular formula is C16H21NO4. The highest BCUT2D eigenvalue weighted by atomic mass is 16.5. The molecule has 0 bridgehead atoms. The van der Waals surface area contributed by atoms with Crippen LogP contribution in [0.5, 0.6) is 0 Å². The van der Waals surface area contributed by atoms with Gasteiger partial charge in [0.25, 0.3) is 0 Å². The minimum absolute atomic E-state index is 0.0564. The molecule has 5 heteroatoms. The van der Waals surface area contributed by atoms with Crippen molar-refractivity contribution in [3.05, 3.63) is 23.9 Å². The van der Waals surface area contributed by atoms with Crippen LogP contribution < -0.4 is 0 Å². The molecular weight excluding hydrogens is 270 g/mol. The molecule has 5 nitrogen and oxygen atoms in total. The molecule has 1 saturated carbocycles. The number of esters is 1. The van der Waals surface area contributed by atoms with Crippen molar-refractivity contribution in [2.45, 2.75) is 44.8 Å². The van der Waals surface area contributed by atoms with Crippen LogP contribution in [0.25, 0.3) is 0 Å². The Labute approximate surface area is 124 Å². The van der Waals surface area contributed by atoms with Gasteiger partial charge in [0, 0.05) is 5.92 Å². The number of hydrogen-bond acceptors (Lipinski definition) is 4. The van der Waals surface area contributed by atoms with Crippen molar-refractivity contribution in [3.63, 3.8) is 0 Å². The molecule has 4 atom stereocenters. The molecule has 2 aliphatic heterocycles. The fraction of sp³-hybridized carbons (Fsp3) is 0.625. The second kappa shape index (κ2) is 5.30. The Bertz CT molecular complexity index is 522. The zero-order valence-electron chi connectivity index (χ0n) is 12.2. The minimum atomic E-state index is -0.675. The Morgan fingerprint density at radius 3 is 3.00 bits per heavy atom. The predicted molar refractivity (Wildman–Crippen MR) is 75.9 cm³/mol. The predicted octanol–water partition coefficient (Wildman–Crippen LogP) is 1.38. The lowest BCUT2D eigenvalue weighted by molar-refractivity contribution is -0.164. The highest BCUT2D eigenvalue weighted by molar-refractivity contribution is 6.00. The number of aliphatic hydroxyl groups excluding tert-OH is 1. The normalized spacial score (nSPS) is 32.2. The van der Waals surface area contributed by atoms with Crippen molar-refractivity contribution < 1.29 is 19.4 Å². The van der Waals surface area contributed by atoms with E-state index in [0.29, 0.717) is 5.70 Å². The van der Waals surface area contributed by atoms with Crippen LogP contribution in [0.2, 0.25) is 0 Å². The SMILES string of the molecule is C=CCOC(=O)C1=C2CCCC[C@@H]2[C@@H]2[C@@H](C(C)O)C(=O)N12. The van der Waals surface area contributed by atoms with E-state index in [1.165, 1.54) is 6.08 Å². The van der Waals surface area contributed by atoms with Gasteiger partial charge in [0.1, 0.15) is 12.3 Å². The van der Waals surface area contributed by atoms with E-state index in [1.807, 2.05) is 0 Å². The Balaban J connectivity index is 1.92. The largest absolute Gasteiger partial charge is 0.457 e. The number of aliphatic hydroxyl groups is 1. The van der Waals surface area contributed by atoms with Crippen LogP contribution in [0.15, 0.2) is 23.9 Å². The highest BCUT2D eigenvalue weighted by Crippen LogP contribution is 2.52. The number of rotatable bonds is 4. The summed E-state index contributed by atoms with van der Waals surface area (Å²) in [4.78, 5) is 26.2. The molecule has 0 radical (unpaired) electrons. The quantitative estimate of drug-likeness (QED) is 0.483. The monoisotopic (exact) mass is 291 g/mol. The maximum absolute atomic E-state index is 12.3. The Morgan fingerprint density at radius 1 is 1.57 bits per heavy atom. The standard InChI is InChI=1S/C16H21NO4/c1-3-8-21-16(20)14-11-7-5-4-6-10(11)13-12(9(2)18)15(19)17(13)14/h3,9-10,12-13,18H,1,4-8H2,2H3/t9?,10-,12+,13+/m0/s1. The third-order valence-corrected chi connectivity index (χ3v) is 4.85. The summed E-state index contributed by atoms with van der Waals surface area (Å²) in [6.07, 6.45) is 4.81. The number of fused-ring (bicyclic) bond motifs is 3. The molecule has 1 amide bonds. The van der Waals surface area contributed by atoms with Gasteiger partial charge in [0.15, 0.2) is 0 Å². The fourth-order valence-corrected chi connectivity index (χ4v) is 4.01. The zero-order valence-corrected chi connectivity index (χ0v) is 12.2. The molecule has 1 saturated heterocycles. The van der Waals surface area contributed by atoms with E-state index in [1.54, 1.807) is 11.8 Å². The molecule has 2 fully saturated rings. The number of β-lactam (4-membered cyclic amide) rings is 1. The Morgan fingerprint density at radius 2 is 2.33 bits per heavy atom. The van der Waals surface area contributed by atoms with Gasteiger partial charge in [-0.1, -0.05) is 19.1 Å². The average molecular weight is 291 g/mol. The van der Waals surface area contributed by atoms with Gasteiger partial charge in [-0.2, -0.15) is 0 Å². The molecule has 2 heterocycles. The first-order valence-electron chi connectivity index (χ1n) is 7.60. The summed E-state index contributed by atoms with van der Waals surface area (Å²) in [6, 6.07) is -0.0564. The van der Waals surface area contributed by atoms with Gasteiger partial charge in [0.05, 0.1) is 18.1 Å². The van der Waals surface area contributed by atoms with Crippen molar-refractivity contribution in [1.82, 2.24) is 4.90 Å². The van der Waals surface area contributed by atoms with Crippen LogP contribution in [0.3, 0.4) is 0 Å². The van der Waals surface area contributed by atoms with Gasteiger partial charge >= 0.3 is 5.97 Å². The van der Waals surface area contributed by atoms with Crippen molar-refractivity contribution in [2.24, 2.45) is 11.8 Å². The second-order valence-electron chi connectivity index (χ2n) is 6.08. The van der Waals surface area contributed by atoms with Gasteiger partial charge in [-0.15, -0.1) is 0 Å². The highest BCUT2D eigenvalue weighted by Gasteiger charge is 2.61. The second-order valence-corrected chi connectivity index (χ2v) is 6.08. The summed E-state index contributed by atoms with van der Waals surface area (Å²) in [5, 5.41) is 9.85. The summed E-state index contributed by atoms with van der Waals surface area (Å²) in [7, 11) is 0. The summed E-state index contributed by atoms with van der Waals surface area (Å²) in [5.74, 6) is -0.755. The van der Waals surface area contributed by atoms with Crippen molar-refractivity contribution >= 4 is 11.9 Å². The first-order chi connectivity index (χ1) is 10.1. The molecule has 0 aromatic heterocycles. The maximum Gasteiger partial charge on any atom is 0.355 e. The molecule has 3 aliphatic rings. The topological polar surface area (TPSA) is 66.8 Å². The molecule has 114 valence electrons. The van der Waals surface area contributed by atoms with E-state index >= 15 is 0 Å². The van der Waals surface area contributed by atoms with Crippen LogP contribution in [0, 0.1) is 11.8 Å². The Kier molecular flexibility index (Phi) is 3.61. The summed E-state index contributed by atoms with van der Waals surface area (Å²) in [5.41, 5.74) is 1.49. The Hall–Kier alpha value is -1.62. The number of carbonyl (C=O) groups excluding carboxylic acids is 2. The van der Waals surface area contributed by atoms with Crippen LogP contribution >= 0.6 is 0 Å². The molecule has 0 spiro atoms. The van der Waals surface area contributed by atoms with Gasteiger partial charge in [-0.25, -0.2) is 4.79 Å². The van der Waals surface area contributed by atoms with E-state index < -0.39 is 12.1 Å². The molecule has 0 aromatic carbocycles. The van der Waals surface area contributed by atoms with E-state index in [0.717, 1.165) is 31.3 Å². The number of hydrogen-bond donors (Lipinski definition) is 1. The van der Waals surface area contributed by atoms with Gasteiger partial charge < -0.3 is 14.7 Å². The third-order valence-electron chi connectivity index (χ3n) is 4.85. The summed E-state index contributed by atoms with van der Waals surface area (Å²) >= 11 is 0. The first-order valence-corrected chi connectivity index (χ1v) is 7.60. The number of carbonyl (C=O) groups is 2. The van der Waals surface area contributed by atoms with E-state index in [2.05, 4.69) is 6.58 Å². The van der Waals surface area contributed by atoms with Crippen LogP contribution in [-0.2, 0) is 14.3 Å². The van der Waals surface area contributed by atoms with Crippen LogP contribution in [0.4, 0.5) is 0 Å². The van der Waals surface area contributed by atoms with Crippen LogP contribution in [0.1, 0.15) is 32.6 Å². The van der Waals surface area contributed by atoms with Gasteiger partial charge in [0.2, 0.25) is 5.91 Å². The van der Waals surface area contributed by atoms with Crippen molar-refractivity contribution in [3.8, 4) is 0 Å². The average Bonchev–Trinajstić information content (AvgIpc) is 2.75. The van der Waals surface area contributed by atoms with E-state index in [4.69, 9.17) is 4.74 Å². The lowest BCUT2D eigenvalue weighted by Crippen LogP contribution is -2.64. The van der Waals surface area contributed by atoms with Gasteiger partial charge in [-0.05, 0) is 31.8 Å². The van der Waals surface area contributed by atoms with E-state index in [-0.39, 0.29) is 30.4 Å². The fourth-order valence-electron chi connectivity index (χ4n) is 4.01. The summed E-state index contributed by atoms with van der Waals surface area (Å²) in [6.45, 7) is 5.33. The number of amides is 1. The molecule has 1 aliphatic carbocycles. The summed E-state index contributed by atoms with van der Waals surface area (Å²) < 4.78 is 5.15. The van der Waals surface area contributed by atoms with E-state index in [9.17, 15) is 14.7 Å². The number of nitrogens with zero attached hydrogens (tertiary/aromatic N) is 1. The van der Waals surface area contributed by atoms with Crippen molar-refractivity contribution in [2.75, 3.05) is 6.61 Å². The zero-order chi connectivity index (χ0) is 15.1. The lowest BCUT2D eigenvalue weighted by atomic mass is 9.72. The minimum Gasteiger partial charge on any atom is -0.457 e. The molecule has 3 rings (SSSR count). The first kappa shape index (κ1) is 14.3. The maximum atomic E-state index is 12.3.